The Kier molecular flexibility index (Phi) is 8.51. The monoisotopic (exact) mass is 490 g/mol. The van der Waals surface area contributed by atoms with Crippen LogP contribution in [0.25, 0.3) is 0 Å². The highest BCUT2D eigenvalue weighted by Gasteiger charge is 2.29. The van der Waals surface area contributed by atoms with Crippen molar-refractivity contribution in [3.63, 3.8) is 0 Å². The molecule has 0 saturated heterocycles. The Morgan fingerprint density at radius 2 is 1.91 bits per heavy atom. The van der Waals surface area contributed by atoms with Crippen LogP contribution in [-0.2, 0) is 30.8 Å². The van der Waals surface area contributed by atoms with E-state index in [-0.39, 0.29) is 23.6 Å². The van der Waals surface area contributed by atoms with Gasteiger partial charge in [-0.05, 0) is 49.9 Å². The maximum absolute atomic E-state index is 13.0. The van der Waals surface area contributed by atoms with Crippen LogP contribution in [0.1, 0.15) is 39.7 Å². The number of benzene rings is 1. The Morgan fingerprint density at radius 1 is 1.21 bits per heavy atom. The van der Waals surface area contributed by atoms with Crippen LogP contribution in [0, 0.1) is 5.92 Å². The molecule has 1 aromatic carbocycles. The lowest BCUT2D eigenvalue weighted by Gasteiger charge is -2.24. The molecule has 2 heterocycles. The number of pyridine rings is 1. The number of carbonyl (C=O) groups excluding carboxylic acids is 1. The molecule has 3 atom stereocenters. The van der Waals surface area contributed by atoms with Gasteiger partial charge >= 0.3 is 5.97 Å². The number of hydrogen-bond donors (Lipinski definition) is 2. The summed E-state index contributed by atoms with van der Waals surface area (Å²) in [4.78, 5) is 19.1. The summed E-state index contributed by atoms with van der Waals surface area (Å²) in [6.07, 6.45) is 3.49. The first kappa shape index (κ1) is 25.9. The van der Waals surface area contributed by atoms with Gasteiger partial charge < -0.3 is 19.7 Å². The molecule has 3 rings (SSSR count). The molecule has 0 spiro atoms. The smallest absolute Gasteiger partial charge is 0.324 e. The van der Waals surface area contributed by atoms with E-state index in [1.165, 1.54) is 7.11 Å². The second-order valence-electron chi connectivity index (χ2n) is 8.99. The zero-order valence-corrected chi connectivity index (χ0v) is 21.1. The van der Waals surface area contributed by atoms with Crippen molar-refractivity contribution in [2.75, 3.05) is 23.9 Å². The average Bonchev–Trinajstić information content (AvgIpc) is 3.08. The van der Waals surface area contributed by atoms with Crippen LogP contribution in [0.2, 0.25) is 0 Å². The highest BCUT2D eigenvalue weighted by Crippen LogP contribution is 2.34. The van der Waals surface area contributed by atoms with E-state index in [0.29, 0.717) is 13.0 Å². The number of methoxy groups -OCH3 is 1. The Morgan fingerprint density at radius 3 is 2.56 bits per heavy atom. The van der Waals surface area contributed by atoms with Crippen molar-refractivity contribution in [2.45, 2.75) is 63.9 Å². The Balaban J connectivity index is 1.71. The Hall–Kier alpha value is -2.69. The summed E-state index contributed by atoms with van der Waals surface area (Å²) in [7, 11) is -2.40. The van der Waals surface area contributed by atoms with E-state index >= 15 is 0 Å². The van der Waals surface area contributed by atoms with E-state index in [9.17, 15) is 13.2 Å². The lowest BCUT2D eigenvalue weighted by molar-refractivity contribution is -0.153. The molecular weight excluding hydrogens is 456 g/mol. The standard InChI is InChI=1S/C24H34N4O5S/c1-16(2)12-21(24(29)33-17(3)15-32-5)27-34(30,31)20-8-6-19(7-9-20)14-28-18(4)26-22-13-25-11-10-23(22)28/h6-11,13,16-18,21,26-27H,12,14-15H2,1-5H3/t17?,18?,21-/m0/s1. The van der Waals surface area contributed by atoms with Crippen LogP contribution in [0.15, 0.2) is 47.6 Å². The zero-order valence-electron chi connectivity index (χ0n) is 20.3. The van der Waals surface area contributed by atoms with Crippen molar-refractivity contribution >= 4 is 27.4 Å². The van der Waals surface area contributed by atoms with E-state index < -0.39 is 28.1 Å². The molecule has 1 aliphatic heterocycles. The van der Waals surface area contributed by atoms with Gasteiger partial charge in [-0.15, -0.1) is 0 Å². The number of esters is 1. The van der Waals surface area contributed by atoms with Gasteiger partial charge in [0.15, 0.2) is 0 Å². The normalized spacial score (nSPS) is 17.2. The quantitative estimate of drug-likeness (QED) is 0.463. The van der Waals surface area contributed by atoms with Gasteiger partial charge in [0, 0.05) is 19.9 Å². The van der Waals surface area contributed by atoms with Gasteiger partial charge in [-0.25, -0.2) is 8.42 Å². The molecule has 186 valence electrons. The van der Waals surface area contributed by atoms with Gasteiger partial charge in [0.25, 0.3) is 0 Å². The first-order valence-electron chi connectivity index (χ1n) is 11.4. The first-order chi connectivity index (χ1) is 16.1. The van der Waals surface area contributed by atoms with E-state index in [0.717, 1.165) is 16.9 Å². The molecule has 34 heavy (non-hydrogen) atoms. The molecule has 0 saturated carbocycles. The highest BCUT2D eigenvalue weighted by molar-refractivity contribution is 7.89. The second kappa shape index (κ2) is 11.2. The van der Waals surface area contributed by atoms with Crippen molar-refractivity contribution in [2.24, 2.45) is 5.92 Å². The SMILES string of the molecule is COCC(C)OC(=O)[C@H](CC(C)C)NS(=O)(=O)c1ccc(CN2c3ccncc3NC2C)cc1. The minimum atomic E-state index is -3.92. The van der Waals surface area contributed by atoms with Crippen molar-refractivity contribution in [1.29, 1.82) is 0 Å². The Labute approximate surface area is 201 Å². The van der Waals surface area contributed by atoms with Gasteiger partial charge in [0.1, 0.15) is 12.1 Å². The van der Waals surface area contributed by atoms with Crippen LogP contribution < -0.4 is 14.9 Å². The average molecular weight is 491 g/mol. The van der Waals surface area contributed by atoms with Crippen molar-refractivity contribution in [3.8, 4) is 0 Å². The maximum Gasteiger partial charge on any atom is 0.324 e. The lowest BCUT2D eigenvalue weighted by atomic mass is 10.0. The molecule has 0 radical (unpaired) electrons. The minimum Gasteiger partial charge on any atom is -0.459 e. The number of nitrogens with zero attached hydrogens (tertiary/aromatic N) is 2. The number of carbonyl (C=O) groups is 1. The number of hydrogen-bond acceptors (Lipinski definition) is 8. The fourth-order valence-electron chi connectivity index (χ4n) is 3.92. The molecule has 2 aromatic rings. The molecule has 1 aliphatic rings. The molecule has 9 nitrogen and oxygen atoms in total. The predicted molar refractivity (Wildman–Crippen MR) is 131 cm³/mol. The van der Waals surface area contributed by atoms with Crippen LogP contribution in [0.4, 0.5) is 11.4 Å². The van der Waals surface area contributed by atoms with Gasteiger partial charge in [0.05, 0.1) is 35.2 Å². The summed E-state index contributed by atoms with van der Waals surface area (Å²) in [6.45, 7) is 8.45. The lowest BCUT2D eigenvalue weighted by Crippen LogP contribution is -2.43. The number of anilines is 2. The van der Waals surface area contributed by atoms with Crippen molar-refractivity contribution < 1.29 is 22.7 Å². The summed E-state index contributed by atoms with van der Waals surface area (Å²) in [5.41, 5.74) is 2.99. The third-order valence-electron chi connectivity index (χ3n) is 5.53. The molecule has 1 aromatic heterocycles. The summed E-state index contributed by atoms with van der Waals surface area (Å²) < 4.78 is 39.0. The minimum absolute atomic E-state index is 0.0904. The fourth-order valence-corrected chi connectivity index (χ4v) is 5.12. The number of rotatable bonds is 11. The maximum atomic E-state index is 13.0. The van der Waals surface area contributed by atoms with Gasteiger partial charge in [-0.1, -0.05) is 26.0 Å². The van der Waals surface area contributed by atoms with Gasteiger partial charge in [-0.2, -0.15) is 4.72 Å². The van der Waals surface area contributed by atoms with E-state index in [1.54, 1.807) is 43.6 Å². The number of sulfonamides is 1. The number of aromatic nitrogens is 1. The molecule has 2 N–H and O–H groups in total. The van der Waals surface area contributed by atoms with Crippen molar-refractivity contribution in [3.05, 3.63) is 48.3 Å². The van der Waals surface area contributed by atoms with E-state index in [4.69, 9.17) is 9.47 Å². The Bertz CT molecular complexity index is 1080. The number of ether oxygens (including phenoxy) is 2. The molecular formula is C24H34N4O5S. The zero-order chi connectivity index (χ0) is 24.9. The van der Waals surface area contributed by atoms with Crippen LogP contribution >= 0.6 is 0 Å². The molecule has 0 fully saturated rings. The van der Waals surface area contributed by atoms with Gasteiger partial charge in [-0.3, -0.25) is 9.78 Å². The molecule has 0 amide bonds. The second-order valence-corrected chi connectivity index (χ2v) is 10.7. The van der Waals surface area contributed by atoms with Crippen LogP contribution in [0.3, 0.4) is 0 Å². The predicted octanol–water partition coefficient (Wildman–Crippen LogP) is 3.13. The third kappa shape index (κ3) is 6.46. The summed E-state index contributed by atoms with van der Waals surface area (Å²) in [6, 6.07) is 7.67. The molecule has 10 heteroatoms. The van der Waals surface area contributed by atoms with Crippen LogP contribution in [0.5, 0.6) is 0 Å². The van der Waals surface area contributed by atoms with Gasteiger partial charge in [0.2, 0.25) is 10.0 Å². The van der Waals surface area contributed by atoms with Crippen LogP contribution in [-0.4, -0.2) is 51.4 Å². The fraction of sp³-hybridized carbons (Fsp3) is 0.500. The molecule has 0 bridgehead atoms. The third-order valence-corrected chi connectivity index (χ3v) is 7.02. The summed E-state index contributed by atoms with van der Waals surface area (Å²) >= 11 is 0. The summed E-state index contributed by atoms with van der Waals surface area (Å²) in [5, 5.41) is 3.38. The first-order valence-corrected chi connectivity index (χ1v) is 12.9. The largest absolute Gasteiger partial charge is 0.459 e. The summed E-state index contributed by atoms with van der Waals surface area (Å²) in [5.74, 6) is -0.517. The molecule has 0 aliphatic carbocycles. The number of nitrogens with one attached hydrogen (secondary N) is 2. The van der Waals surface area contributed by atoms with Crippen molar-refractivity contribution in [1.82, 2.24) is 9.71 Å². The topological polar surface area (TPSA) is 110 Å². The highest BCUT2D eigenvalue weighted by atomic mass is 32.2. The molecule has 2 unspecified atom stereocenters. The van der Waals surface area contributed by atoms with E-state index in [2.05, 4.69) is 26.8 Å². The van der Waals surface area contributed by atoms with E-state index in [1.807, 2.05) is 19.9 Å². The number of fused-ring (bicyclic) bond motifs is 1.